The lowest BCUT2D eigenvalue weighted by Crippen LogP contribution is -3.12. The summed E-state index contributed by atoms with van der Waals surface area (Å²) in [5, 5.41) is 0. The lowest BCUT2D eigenvalue weighted by Gasteiger charge is -2.14. The lowest BCUT2D eigenvalue weighted by atomic mass is 10.2. The highest BCUT2D eigenvalue weighted by Gasteiger charge is 2.27. The fraction of sp³-hybridized carbons (Fsp3) is 0.444. The van der Waals surface area contributed by atoms with Crippen molar-refractivity contribution in [1.29, 1.82) is 0 Å². The first-order chi connectivity index (χ1) is 11.1. The van der Waals surface area contributed by atoms with Gasteiger partial charge in [-0.15, -0.1) is 0 Å². The van der Waals surface area contributed by atoms with Gasteiger partial charge in [0, 0.05) is 6.92 Å². The molecule has 1 aromatic carbocycles. The summed E-state index contributed by atoms with van der Waals surface area (Å²) in [6.07, 6.45) is 0. The molecule has 2 aromatic heterocycles. The summed E-state index contributed by atoms with van der Waals surface area (Å²) in [5.74, 6) is 1.09. The summed E-state index contributed by atoms with van der Waals surface area (Å²) in [4.78, 5) is 17.1. The van der Waals surface area contributed by atoms with Gasteiger partial charge in [-0.1, -0.05) is 12.1 Å². The molecule has 3 rings (SSSR count). The number of H-pyrrole nitrogens is 1. The molecule has 0 aliphatic carbocycles. The molecule has 0 fully saturated rings. The SMILES string of the molecule is CC[NH+](CC)CC[n+]1c2ccccc2n2c(C(C)=O)c(C)[nH]c21. The second-order valence-corrected chi connectivity index (χ2v) is 6.16. The Bertz CT molecular complexity index is 855. The van der Waals surface area contributed by atoms with Crippen molar-refractivity contribution in [3.8, 4) is 0 Å². The fourth-order valence-corrected chi connectivity index (χ4v) is 3.50. The number of carbonyl (C=O) groups excluding carboxylic acids is 1. The number of aromatic nitrogens is 3. The second kappa shape index (κ2) is 6.16. The molecule has 0 bridgehead atoms. The smallest absolute Gasteiger partial charge is 0.333 e. The lowest BCUT2D eigenvalue weighted by molar-refractivity contribution is -0.912. The summed E-state index contributed by atoms with van der Waals surface area (Å²) in [6, 6.07) is 8.31. The van der Waals surface area contributed by atoms with Crippen LogP contribution in [0.4, 0.5) is 0 Å². The molecule has 0 saturated carbocycles. The molecule has 0 atom stereocenters. The van der Waals surface area contributed by atoms with Gasteiger partial charge in [0.15, 0.2) is 11.5 Å². The van der Waals surface area contributed by atoms with Crippen LogP contribution in [0.3, 0.4) is 0 Å². The normalized spacial score (nSPS) is 11.9. The molecule has 5 nitrogen and oxygen atoms in total. The van der Waals surface area contributed by atoms with E-state index in [1.165, 1.54) is 5.52 Å². The third-order valence-corrected chi connectivity index (χ3v) is 4.78. The molecule has 23 heavy (non-hydrogen) atoms. The van der Waals surface area contributed by atoms with Crippen LogP contribution in [-0.4, -0.2) is 34.8 Å². The average Bonchev–Trinajstić information content (AvgIpc) is 3.02. The number of hydrogen-bond donors (Lipinski definition) is 2. The van der Waals surface area contributed by atoms with Crippen LogP contribution < -0.4 is 9.47 Å². The molecule has 2 N–H and O–H groups in total. The Labute approximate surface area is 136 Å². The van der Waals surface area contributed by atoms with Crippen molar-refractivity contribution >= 4 is 22.6 Å². The number of Topliss-reactive ketones (excluding diaryl/α,β-unsaturated/α-hetero) is 1. The van der Waals surface area contributed by atoms with Crippen LogP contribution in [0.1, 0.15) is 37.0 Å². The van der Waals surface area contributed by atoms with Crippen molar-refractivity contribution in [3.05, 3.63) is 35.7 Å². The number of nitrogens with one attached hydrogen (secondary N) is 2. The van der Waals surface area contributed by atoms with E-state index >= 15 is 0 Å². The van der Waals surface area contributed by atoms with Crippen LogP contribution in [0.5, 0.6) is 0 Å². The minimum Gasteiger partial charge on any atom is -0.333 e. The molecule has 122 valence electrons. The first-order valence-electron chi connectivity index (χ1n) is 8.44. The van der Waals surface area contributed by atoms with Crippen molar-refractivity contribution in [2.75, 3.05) is 19.6 Å². The van der Waals surface area contributed by atoms with E-state index in [1.54, 1.807) is 11.8 Å². The van der Waals surface area contributed by atoms with Gasteiger partial charge in [0.2, 0.25) is 0 Å². The molecular formula is C18H26N4O+2. The van der Waals surface area contributed by atoms with E-state index in [9.17, 15) is 4.79 Å². The molecule has 0 spiro atoms. The van der Waals surface area contributed by atoms with E-state index < -0.39 is 0 Å². The molecule has 0 saturated heterocycles. The van der Waals surface area contributed by atoms with Gasteiger partial charge in [-0.3, -0.25) is 4.79 Å². The fourth-order valence-electron chi connectivity index (χ4n) is 3.50. The van der Waals surface area contributed by atoms with Gasteiger partial charge in [-0.25, -0.2) is 9.55 Å². The van der Waals surface area contributed by atoms with Crippen LogP contribution in [0.25, 0.3) is 16.8 Å². The number of quaternary nitrogens is 1. The van der Waals surface area contributed by atoms with Crippen molar-refractivity contribution < 1.29 is 14.3 Å². The van der Waals surface area contributed by atoms with Crippen LogP contribution in [0.2, 0.25) is 0 Å². The Morgan fingerprint density at radius 2 is 1.96 bits per heavy atom. The van der Waals surface area contributed by atoms with E-state index in [0.717, 1.165) is 48.9 Å². The van der Waals surface area contributed by atoms with E-state index in [-0.39, 0.29) is 5.78 Å². The number of benzene rings is 1. The number of imidazole rings is 2. The Balaban J connectivity index is 2.19. The van der Waals surface area contributed by atoms with E-state index in [1.807, 2.05) is 13.0 Å². The highest BCUT2D eigenvalue weighted by molar-refractivity contribution is 5.96. The number of carbonyl (C=O) groups is 1. The Kier molecular flexibility index (Phi) is 4.22. The number of nitrogens with zero attached hydrogens (tertiary/aromatic N) is 2. The first-order valence-corrected chi connectivity index (χ1v) is 8.44. The molecule has 5 heteroatoms. The van der Waals surface area contributed by atoms with E-state index in [2.05, 4.69) is 46.0 Å². The van der Waals surface area contributed by atoms with Gasteiger partial charge in [0.1, 0.15) is 29.8 Å². The molecule has 0 aliphatic heterocycles. The molecule has 0 amide bonds. The zero-order chi connectivity index (χ0) is 16.6. The quantitative estimate of drug-likeness (QED) is 0.520. The summed E-state index contributed by atoms with van der Waals surface area (Å²) < 4.78 is 4.38. The van der Waals surface area contributed by atoms with E-state index in [4.69, 9.17) is 0 Å². The number of para-hydroxylation sites is 2. The van der Waals surface area contributed by atoms with Gasteiger partial charge in [0.05, 0.1) is 13.1 Å². The maximum Gasteiger partial charge on any atom is 0.368 e. The monoisotopic (exact) mass is 314 g/mol. The predicted octanol–water partition coefficient (Wildman–Crippen LogP) is 1.14. The Hall–Kier alpha value is -2.14. The number of aryl methyl sites for hydroxylation is 1. The third-order valence-electron chi connectivity index (χ3n) is 4.78. The maximum atomic E-state index is 12.1. The topological polar surface area (TPSA) is 45.6 Å². The molecule has 0 radical (unpaired) electrons. The van der Waals surface area contributed by atoms with Crippen LogP contribution in [0, 0.1) is 6.92 Å². The standard InChI is InChI=1S/C18H24N4O/c1-5-20(6-2)11-12-21-15-9-7-8-10-16(15)22-17(14(4)23)13(3)19-18(21)22/h7-10H,5-6,11-12H2,1-4H3/p+2. The van der Waals surface area contributed by atoms with Crippen molar-refractivity contribution in [2.45, 2.75) is 34.2 Å². The van der Waals surface area contributed by atoms with Crippen molar-refractivity contribution in [2.24, 2.45) is 0 Å². The van der Waals surface area contributed by atoms with Gasteiger partial charge in [0.25, 0.3) is 0 Å². The van der Waals surface area contributed by atoms with Gasteiger partial charge in [-0.05, 0) is 32.9 Å². The van der Waals surface area contributed by atoms with Crippen LogP contribution in [-0.2, 0) is 6.54 Å². The van der Waals surface area contributed by atoms with Gasteiger partial charge in [-0.2, -0.15) is 4.40 Å². The first kappa shape index (κ1) is 15.7. The Morgan fingerprint density at radius 1 is 1.26 bits per heavy atom. The number of aromatic amines is 1. The summed E-state index contributed by atoms with van der Waals surface area (Å²) in [7, 11) is 0. The molecule has 2 heterocycles. The number of hydrogen-bond acceptors (Lipinski definition) is 1. The van der Waals surface area contributed by atoms with Gasteiger partial charge >= 0.3 is 5.78 Å². The maximum absolute atomic E-state index is 12.1. The second-order valence-electron chi connectivity index (χ2n) is 6.16. The van der Waals surface area contributed by atoms with E-state index in [0.29, 0.717) is 0 Å². The van der Waals surface area contributed by atoms with Crippen LogP contribution in [0.15, 0.2) is 24.3 Å². The van der Waals surface area contributed by atoms with Crippen LogP contribution >= 0.6 is 0 Å². The number of rotatable bonds is 6. The van der Waals surface area contributed by atoms with Gasteiger partial charge < -0.3 is 4.90 Å². The largest absolute Gasteiger partial charge is 0.368 e. The highest BCUT2D eigenvalue weighted by atomic mass is 16.1. The summed E-state index contributed by atoms with van der Waals surface area (Å²) >= 11 is 0. The third kappa shape index (κ3) is 2.55. The molecule has 3 aromatic rings. The molecule has 0 aliphatic rings. The minimum atomic E-state index is 0.0935. The van der Waals surface area contributed by atoms with Crippen molar-refractivity contribution in [3.63, 3.8) is 0 Å². The minimum absolute atomic E-state index is 0.0935. The molecular weight excluding hydrogens is 288 g/mol. The predicted molar refractivity (Wildman–Crippen MR) is 91.1 cm³/mol. The molecule has 0 unspecified atom stereocenters. The summed E-state index contributed by atoms with van der Waals surface area (Å²) in [6.45, 7) is 12.3. The summed E-state index contributed by atoms with van der Waals surface area (Å²) in [5.41, 5.74) is 3.95. The Morgan fingerprint density at radius 3 is 2.61 bits per heavy atom. The zero-order valence-electron chi connectivity index (χ0n) is 14.4. The number of ketones is 1. The average molecular weight is 314 g/mol. The number of fused-ring (bicyclic) bond motifs is 3. The number of likely N-dealkylation sites (N-methyl/N-ethyl adjacent to an activating group) is 1. The van der Waals surface area contributed by atoms with Crippen molar-refractivity contribution in [1.82, 2.24) is 9.38 Å². The zero-order valence-corrected chi connectivity index (χ0v) is 14.4. The highest BCUT2D eigenvalue weighted by Crippen LogP contribution is 2.19.